The summed E-state index contributed by atoms with van der Waals surface area (Å²) in [6, 6.07) is 2.22. The van der Waals surface area contributed by atoms with Gasteiger partial charge in [-0.15, -0.1) is 5.92 Å². The van der Waals surface area contributed by atoms with E-state index in [1.165, 1.54) is 70.6 Å². The average Bonchev–Trinajstić information content (AvgIpc) is 2.65. The molecule has 0 aromatic heterocycles. The van der Waals surface area contributed by atoms with Gasteiger partial charge in [0.2, 0.25) is 0 Å². The molecule has 2 nitrogen and oxygen atoms in total. The molecule has 0 N–H and O–H groups in total. The molecule has 0 saturated carbocycles. The van der Waals surface area contributed by atoms with Gasteiger partial charge in [-0.3, -0.25) is 0 Å². The molecule has 0 fully saturated rings. The third-order valence-electron chi connectivity index (χ3n) is 6.17. The molecule has 0 aromatic rings. The second kappa shape index (κ2) is 17.0. The van der Waals surface area contributed by atoms with Crippen LogP contribution >= 0.6 is 0 Å². The van der Waals surface area contributed by atoms with Crippen molar-refractivity contribution in [3.63, 3.8) is 0 Å². The monoisotopic (exact) mass is 419 g/mol. The molecule has 0 aliphatic rings. The van der Waals surface area contributed by atoms with E-state index in [0.717, 1.165) is 25.7 Å². The first kappa shape index (κ1) is 28.2. The van der Waals surface area contributed by atoms with Crippen molar-refractivity contribution in [1.82, 2.24) is 0 Å². The Hall–Kier alpha value is -0.773. The van der Waals surface area contributed by atoms with E-state index in [2.05, 4.69) is 58.7 Å². The molecule has 168 valence electrons. The van der Waals surface area contributed by atoms with Crippen molar-refractivity contribution in [3.8, 4) is 17.9 Å². The molecule has 0 aliphatic carbocycles. The minimum Gasteiger partial charge on any atom is -0.403 e. The van der Waals surface area contributed by atoms with Crippen molar-refractivity contribution in [2.45, 2.75) is 148 Å². The lowest BCUT2D eigenvalue weighted by molar-refractivity contribution is 0.220. The van der Waals surface area contributed by atoms with E-state index >= 15 is 0 Å². The summed E-state index contributed by atoms with van der Waals surface area (Å²) in [6.45, 7) is 13.8. The Morgan fingerprint density at radius 3 is 1.72 bits per heavy atom. The second-order valence-corrected chi connectivity index (χ2v) is 14.8. The molecule has 0 aliphatic heterocycles. The summed E-state index contributed by atoms with van der Waals surface area (Å²) < 4.78 is 6.57. The van der Waals surface area contributed by atoms with Gasteiger partial charge in [0.05, 0.1) is 6.07 Å². The van der Waals surface area contributed by atoms with E-state index in [4.69, 9.17) is 9.69 Å². The molecule has 0 spiro atoms. The lowest BCUT2D eigenvalue weighted by Crippen LogP contribution is -2.43. The summed E-state index contributed by atoms with van der Waals surface area (Å²) in [4.78, 5) is 0. The Balaban J connectivity index is 3.93. The van der Waals surface area contributed by atoms with Crippen molar-refractivity contribution in [2.75, 3.05) is 0 Å². The number of nitrogens with zero attached hydrogens (tertiary/aromatic N) is 1. The number of unbranched alkanes of at least 4 members (excludes halogenated alkanes) is 12. The lowest BCUT2D eigenvalue weighted by Gasteiger charge is -2.38. The van der Waals surface area contributed by atoms with Gasteiger partial charge in [0, 0.05) is 12.8 Å². The van der Waals surface area contributed by atoms with Crippen molar-refractivity contribution in [2.24, 2.45) is 0 Å². The molecular formula is C26H49NOSi. The fourth-order valence-electron chi connectivity index (χ4n) is 3.10. The van der Waals surface area contributed by atoms with Gasteiger partial charge in [-0.1, -0.05) is 97.8 Å². The Bertz CT molecular complexity index is 490. The van der Waals surface area contributed by atoms with E-state index in [1.807, 2.05) is 0 Å². The van der Waals surface area contributed by atoms with Crippen LogP contribution in [-0.4, -0.2) is 14.4 Å². The summed E-state index contributed by atoms with van der Waals surface area (Å²) in [6.07, 6.45) is 18.3. The van der Waals surface area contributed by atoms with Crippen LogP contribution in [0.3, 0.4) is 0 Å². The number of hydrogen-bond acceptors (Lipinski definition) is 2. The number of rotatable bonds is 16. The third-order valence-corrected chi connectivity index (χ3v) is 10.7. The van der Waals surface area contributed by atoms with Crippen LogP contribution in [0.25, 0.3) is 0 Å². The van der Waals surface area contributed by atoms with E-state index < -0.39 is 8.32 Å². The first-order valence-corrected chi connectivity index (χ1v) is 15.2. The summed E-state index contributed by atoms with van der Waals surface area (Å²) in [7, 11) is -1.74. The summed E-state index contributed by atoms with van der Waals surface area (Å²) >= 11 is 0. The Labute approximate surface area is 184 Å². The number of nitriles is 1. The molecule has 0 rings (SSSR count). The minimum atomic E-state index is -1.74. The topological polar surface area (TPSA) is 33.0 Å². The van der Waals surface area contributed by atoms with Crippen LogP contribution in [0.5, 0.6) is 0 Å². The van der Waals surface area contributed by atoms with Gasteiger partial charge in [-0.2, -0.15) is 5.26 Å². The molecule has 0 saturated heterocycles. The quantitative estimate of drug-likeness (QED) is 0.142. The standard InChI is InChI=1S/C26H49NOSi/c1-7-8-22-25(28-29(5,6)26(2,3)4)23-20-18-16-14-12-10-9-11-13-15-17-19-21-24-27/h25H,7-19,21-22H2,1-6H3. The number of hydrogen-bond donors (Lipinski definition) is 0. The van der Waals surface area contributed by atoms with Crippen LogP contribution in [0.1, 0.15) is 124 Å². The highest BCUT2D eigenvalue weighted by Gasteiger charge is 2.38. The molecule has 3 heteroatoms. The van der Waals surface area contributed by atoms with Crippen LogP contribution in [0.15, 0.2) is 0 Å². The lowest BCUT2D eigenvalue weighted by atomic mass is 10.1. The first-order valence-electron chi connectivity index (χ1n) is 12.3. The van der Waals surface area contributed by atoms with Crippen LogP contribution in [0.4, 0.5) is 0 Å². The van der Waals surface area contributed by atoms with Crippen LogP contribution < -0.4 is 0 Å². The predicted octanol–water partition coefficient (Wildman–Crippen LogP) is 8.78. The van der Waals surface area contributed by atoms with Crippen molar-refractivity contribution in [1.29, 1.82) is 5.26 Å². The van der Waals surface area contributed by atoms with Crippen molar-refractivity contribution < 1.29 is 4.43 Å². The van der Waals surface area contributed by atoms with Gasteiger partial charge in [-0.25, -0.2) is 0 Å². The summed E-state index contributed by atoms with van der Waals surface area (Å²) in [5, 5.41) is 8.76. The highest BCUT2D eigenvalue weighted by atomic mass is 28.4. The smallest absolute Gasteiger partial charge is 0.193 e. The highest BCUT2D eigenvalue weighted by molar-refractivity contribution is 6.74. The molecule has 0 bridgehead atoms. The largest absolute Gasteiger partial charge is 0.403 e. The van der Waals surface area contributed by atoms with Gasteiger partial charge in [0.15, 0.2) is 8.32 Å². The Morgan fingerprint density at radius 2 is 1.28 bits per heavy atom. The zero-order valence-corrected chi connectivity index (χ0v) is 21.5. The molecule has 0 amide bonds. The fraction of sp³-hybridized carbons (Fsp3) is 0.885. The Morgan fingerprint density at radius 1 is 0.793 bits per heavy atom. The van der Waals surface area contributed by atoms with Crippen molar-refractivity contribution in [3.05, 3.63) is 0 Å². The summed E-state index contributed by atoms with van der Waals surface area (Å²) in [5.74, 6) is 6.89. The van der Waals surface area contributed by atoms with Gasteiger partial charge < -0.3 is 4.43 Å². The predicted molar refractivity (Wildman–Crippen MR) is 130 cm³/mol. The Kier molecular flexibility index (Phi) is 16.5. The molecule has 1 unspecified atom stereocenters. The van der Waals surface area contributed by atoms with E-state index in [1.54, 1.807) is 0 Å². The normalized spacial score (nSPS) is 12.9. The first-order chi connectivity index (χ1) is 13.7. The van der Waals surface area contributed by atoms with Gasteiger partial charge in [0.1, 0.15) is 6.10 Å². The van der Waals surface area contributed by atoms with Crippen LogP contribution in [-0.2, 0) is 4.43 Å². The van der Waals surface area contributed by atoms with Crippen LogP contribution in [0.2, 0.25) is 18.1 Å². The highest BCUT2D eigenvalue weighted by Crippen LogP contribution is 2.37. The third kappa shape index (κ3) is 15.7. The zero-order valence-electron chi connectivity index (χ0n) is 20.5. The minimum absolute atomic E-state index is 0.129. The van der Waals surface area contributed by atoms with Gasteiger partial charge in [-0.05, 0) is 37.4 Å². The van der Waals surface area contributed by atoms with E-state index in [9.17, 15) is 0 Å². The second-order valence-electron chi connectivity index (χ2n) is 10.0. The van der Waals surface area contributed by atoms with E-state index in [-0.39, 0.29) is 11.1 Å². The molecule has 0 radical (unpaired) electrons. The fourth-order valence-corrected chi connectivity index (χ4v) is 4.34. The van der Waals surface area contributed by atoms with Crippen LogP contribution in [0, 0.1) is 23.2 Å². The maximum absolute atomic E-state index is 8.52. The molecule has 0 heterocycles. The van der Waals surface area contributed by atoms with Crippen molar-refractivity contribution >= 4 is 8.32 Å². The molecule has 1 atom stereocenters. The van der Waals surface area contributed by atoms with E-state index in [0.29, 0.717) is 0 Å². The molecule has 0 aromatic carbocycles. The molecular weight excluding hydrogens is 370 g/mol. The van der Waals surface area contributed by atoms with Gasteiger partial charge in [0.25, 0.3) is 0 Å². The maximum atomic E-state index is 8.52. The SMILES string of the molecule is CCCCC(C#CCCCCCCCCCCCCC#N)O[Si](C)(C)C(C)(C)C. The summed E-state index contributed by atoms with van der Waals surface area (Å²) in [5.41, 5.74) is 0. The molecule has 29 heavy (non-hydrogen) atoms. The maximum Gasteiger partial charge on any atom is 0.193 e. The average molecular weight is 420 g/mol. The van der Waals surface area contributed by atoms with Gasteiger partial charge >= 0.3 is 0 Å². The zero-order chi connectivity index (χ0) is 22.0.